The number of hydrogen-bond donors (Lipinski definition) is 1. The van der Waals surface area contributed by atoms with Crippen molar-refractivity contribution in [3.63, 3.8) is 0 Å². The fourth-order valence-electron chi connectivity index (χ4n) is 3.18. The molecule has 1 atom stereocenters. The summed E-state index contributed by atoms with van der Waals surface area (Å²) in [6.07, 6.45) is 5.98. The van der Waals surface area contributed by atoms with Gasteiger partial charge in [0.05, 0.1) is 23.1 Å². The number of allylic oxidation sites excluding steroid dienone is 1. The van der Waals surface area contributed by atoms with Crippen molar-refractivity contribution in [2.75, 3.05) is 0 Å². The van der Waals surface area contributed by atoms with Gasteiger partial charge in [-0.1, -0.05) is 36.4 Å². The van der Waals surface area contributed by atoms with Crippen LogP contribution in [0.1, 0.15) is 59.9 Å². The van der Waals surface area contributed by atoms with Gasteiger partial charge in [0.1, 0.15) is 5.69 Å². The number of amides is 1. The third-order valence-electron chi connectivity index (χ3n) is 4.96. The minimum Gasteiger partial charge on any atom is -0.343 e. The summed E-state index contributed by atoms with van der Waals surface area (Å²) in [6, 6.07) is 9.82. The highest BCUT2D eigenvalue weighted by Crippen LogP contribution is 2.39. The topological polar surface area (TPSA) is 59.3 Å². The minimum atomic E-state index is -0.274. The van der Waals surface area contributed by atoms with E-state index in [-0.39, 0.29) is 11.9 Å². The Labute approximate surface area is 166 Å². The fourth-order valence-corrected chi connectivity index (χ4v) is 3.18. The molecular weight excluding hydrogens is 348 g/mol. The fraction of sp³-hybridized carbons (Fsp3) is 0.348. The quantitative estimate of drug-likeness (QED) is 0.728. The molecule has 1 aliphatic rings. The monoisotopic (exact) mass is 376 g/mol. The molecule has 1 unspecified atom stereocenters. The number of aliphatic imine (C=N–C) groups is 1. The molecule has 1 aromatic heterocycles. The smallest absolute Gasteiger partial charge is 0.270 e. The van der Waals surface area contributed by atoms with Gasteiger partial charge < -0.3 is 5.32 Å². The number of nitrogens with zero attached hydrogens (tertiary/aromatic N) is 3. The third kappa shape index (κ3) is 4.47. The Kier molecular flexibility index (Phi) is 5.93. The zero-order chi connectivity index (χ0) is 20.3. The van der Waals surface area contributed by atoms with Gasteiger partial charge in [0.25, 0.3) is 5.91 Å². The summed E-state index contributed by atoms with van der Waals surface area (Å²) < 4.78 is 1.66. The van der Waals surface area contributed by atoms with Crippen molar-refractivity contribution in [3.8, 4) is 0 Å². The van der Waals surface area contributed by atoms with Crippen molar-refractivity contribution >= 4 is 17.3 Å². The van der Waals surface area contributed by atoms with Crippen molar-refractivity contribution in [2.45, 2.75) is 45.6 Å². The molecule has 0 radical (unpaired) electrons. The molecule has 3 rings (SSSR count). The van der Waals surface area contributed by atoms with E-state index in [0.717, 1.165) is 29.8 Å². The van der Waals surface area contributed by atoms with E-state index in [1.54, 1.807) is 10.8 Å². The van der Waals surface area contributed by atoms with E-state index in [2.05, 4.69) is 36.1 Å². The Morgan fingerprint density at radius 3 is 2.75 bits per heavy atom. The molecule has 5 heteroatoms. The van der Waals surface area contributed by atoms with Crippen molar-refractivity contribution in [3.05, 3.63) is 71.6 Å². The maximum absolute atomic E-state index is 12.7. The second-order valence-electron chi connectivity index (χ2n) is 7.33. The van der Waals surface area contributed by atoms with Crippen LogP contribution in [0.15, 0.2) is 54.1 Å². The average molecular weight is 377 g/mol. The number of carbonyl (C=O) groups is 1. The van der Waals surface area contributed by atoms with Gasteiger partial charge in [0.2, 0.25) is 0 Å². The summed E-state index contributed by atoms with van der Waals surface area (Å²) in [5.74, 6) is 0.364. The SMILES string of the molecule is C=CC(=N/C(=C/C)c1cccc(C)c1)C(C)NC(=O)c1cc(C2CC2)nn1C. The van der Waals surface area contributed by atoms with Crippen LogP contribution < -0.4 is 5.32 Å². The lowest BCUT2D eigenvalue weighted by atomic mass is 10.1. The van der Waals surface area contributed by atoms with Crippen LogP contribution in [0.2, 0.25) is 0 Å². The van der Waals surface area contributed by atoms with Crippen molar-refractivity contribution in [1.29, 1.82) is 0 Å². The molecule has 0 spiro atoms. The summed E-state index contributed by atoms with van der Waals surface area (Å²) in [7, 11) is 1.81. The van der Waals surface area contributed by atoms with E-state index in [4.69, 9.17) is 4.99 Å². The number of aryl methyl sites for hydroxylation is 2. The second kappa shape index (κ2) is 8.38. The number of hydrogen-bond acceptors (Lipinski definition) is 3. The first kappa shape index (κ1) is 19.8. The zero-order valence-electron chi connectivity index (χ0n) is 17.1. The largest absolute Gasteiger partial charge is 0.343 e. The van der Waals surface area contributed by atoms with E-state index in [1.807, 2.05) is 45.2 Å². The normalized spacial score (nSPS) is 16.0. The van der Waals surface area contributed by atoms with E-state index in [0.29, 0.717) is 17.3 Å². The lowest BCUT2D eigenvalue weighted by molar-refractivity contribution is 0.0940. The number of carbonyl (C=O) groups excluding carboxylic acids is 1. The molecule has 1 heterocycles. The molecule has 1 aliphatic carbocycles. The van der Waals surface area contributed by atoms with Gasteiger partial charge in [-0.2, -0.15) is 5.10 Å². The number of benzene rings is 1. The summed E-state index contributed by atoms with van der Waals surface area (Å²) in [4.78, 5) is 17.5. The highest BCUT2D eigenvalue weighted by molar-refractivity contribution is 6.05. The van der Waals surface area contributed by atoms with Crippen LogP contribution in [0.3, 0.4) is 0 Å². The number of aromatic nitrogens is 2. The van der Waals surface area contributed by atoms with Crippen LogP contribution in [0.5, 0.6) is 0 Å². The van der Waals surface area contributed by atoms with Gasteiger partial charge in [-0.15, -0.1) is 0 Å². The van der Waals surface area contributed by atoms with Crippen LogP contribution >= 0.6 is 0 Å². The van der Waals surface area contributed by atoms with Gasteiger partial charge in [-0.25, -0.2) is 0 Å². The average Bonchev–Trinajstić information content (AvgIpc) is 3.44. The molecule has 2 aromatic rings. The minimum absolute atomic E-state index is 0.151. The lowest BCUT2D eigenvalue weighted by Crippen LogP contribution is -2.38. The van der Waals surface area contributed by atoms with Crippen molar-refractivity contribution in [2.24, 2.45) is 12.0 Å². The molecule has 1 saturated carbocycles. The molecule has 0 bridgehead atoms. The molecular formula is C23H28N4O. The maximum Gasteiger partial charge on any atom is 0.270 e. The first-order chi connectivity index (χ1) is 13.4. The Morgan fingerprint density at radius 1 is 1.39 bits per heavy atom. The maximum atomic E-state index is 12.7. The van der Waals surface area contributed by atoms with Gasteiger partial charge in [-0.3, -0.25) is 14.5 Å². The predicted octanol–water partition coefficient (Wildman–Crippen LogP) is 4.41. The predicted molar refractivity (Wildman–Crippen MR) is 115 cm³/mol. The van der Waals surface area contributed by atoms with E-state index in [9.17, 15) is 4.79 Å². The van der Waals surface area contributed by atoms with Crippen molar-refractivity contribution < 1.29 is 4.79 Å². The van der Waals surface area contributed by atoms with Crippen LogP contribution in [0.4, 0.5) is 0 Å². The highest BCUT2D eigenvalue weighted by Gasteiger charge is 2.28. The van der Waals surface area contributed by atoms with Crippen LogP contribution in [0.25, 0.3) is 5.70 Å². The Bertz CT molecular complexity index is 947. The Balaban J connectivity index is 1.77. The molecule has 1 amide bonds. The third-order valence-corrected chi connectivity index (χ3v) is 4.96. The van der Waals surface area contributed by atoms with Crippen LogP contribution in [0, 0.1) is 6.92 Å². The van der Waals surface area contributed by atoms with Gasteiger partial charge in [0.15, 0.2) is 0 Å². The van der Waals surface area contributed by atoms with E-state index in [1.165, 1.54) is 5.56 Å². The van der Waals surface area contributed by atoms with Gasteiger partial charge in [0, 0.05) is 18.5 Å². The standard InChI is InChI=1S/C23H28N4O/c1-6-19(25-20(7-2)18-10-8-9-15(3)13-18)16(4)24-23(28)22-14-21(17-11-12-17)26-27(22)5/h6-10,13-14,16-17H,1,11-12H2,2-5H3,(H,24,28)/b20-7+,25-19?. The summed E-state index contributed by atoms with van der Waals surface area (Å²) >= 11 is 0. The molecule has 5 nitrogen and oxygen atoms in total. The van der Waals surface area contributed by atoms with Crippen LogP contribution in [-0.2, 0) is 7.05 Å². The molecule has 146 valence electrons. The summed E-state index contributed by atoms with van der Waals surface area (Å²) in [5, 5.41) is 7.50. The molecule has 28 heavy (non-hydrogen) atoms. The zero-order valence-corrected chi connectivity index (χ0v) is 17.1. The second-order valence-corrected chi connectivity index (χ2v) is 7.33. The van der Waals surface area contributed by atoms with Gasteiger partial charge >= 0.3 is 0 Å². The summed E-state index contributed by atoms with van der Waals surface area (Å²) in [5.41, 5.74) is 5.37. The first-order valence-electron chi connectivity index (χ1n) is 9.72. The number of rotatable bonds is 7. The molecule has 1 N–H and O–H groups in total. The molecule has 1 aromatic carbocycles. The molecule has 0 aliphatic heterocycles. The lowest BCUT2D eigenvalue weighted by Gasteiger charge is -2.15. The summed E-state index contributed by atoms with van der Waals surface area (Å²) in [6.45, 7) is 9.82. The molecule has 0 saturated heterocycles. The van der Waals surface area contributed by atoms with E-state index >= 15 is 0 Å². The van der Waals surface area contributed by atoms with E-state index < -0.39 is 0 Å². The molecule has 1 fully saturated rings. The van der Waals surface area contributed by atoms with Crippen LogP contribution in [-0.4, -0.2) is 27.4 Å². The van der Waals surface area contributed by atoms with Crippen molar-refractivity contribution in [1.82, 2.24) is 15.1 Å². The highest BCUT2D eigenvalue weighted by atomic mass is 16.2. The Morgan fingerprint density at radius 2 is 2.14 bits per heavy atom. The number of nitrogens with one attached hydrogen (secondary N) is 1. The van der Waals surface area contributed by atoms with Gasteiger partial charge in [-0.05, 0) is 51.8 Å². The Hall–Kier alpha value is -2.95. The first-order valence-corrected chi connectivity index (χ1v) is 9.72.